The van der Waals surface area contributed by atoms with Gasteiger partial charge in [0.2, 0.25) is 0 Å². The van der Waals surface area contributed by atoms with Crippen LogP contribution < -0.4 is 10.2 Å². The third kappa shape index (κ3) is 3.05. The second-order valence-corrected chi connectivity index (χ2v) is 5.75. The smallest absolute Gasteiger partial charge is 0.0364 e. The molecule has 1 atom stereocenters. The van der Waals surface area contributed by atoms with Crippen LogP contribution in [-0.2, 0) is 0 Å². The monoisotopic (exact) mass is 246 g/mol. The number of aryl methyl sites for hydroxylation is 1. The van der Waals surface area contributed by atoms with Crippen molar-refractivity contribution < 1.29 is 0 Å². The largest absolute Gasteiger partial charge is 0.373 e. The lowest BCUT2D eigenvalue weighted by Crippen LogP contribution is -2.49. The van der Waals surface area contributed by atoms with Crippen LogP contribution in [0.5, 0.6) is 0 Å². The van der Waals surface area contributed by atoms with Crippen molar-refractivity contribution in [1.29, 1.82) is 0 Å². The summed E-state index contributed by atoms with van der Waals surface area (Å²) in [5, 5.41) is 3.74. The molecular formula is C16H26N2. The maximum atomic E-state index is 3.74. The predicted octanol–water partition coefficient (Wildman–Crippen LogP) is 3.35. The summed E-state index contributed by atoms with van der Waals surface area (Å²) in [4.78, 5) is 2.40. The molecule has 2 rings (SSSR count). The minimum Gasteiger partial charge on any atom is -0.373 e. The summed E-state index contributed by atoms with van der Waals surface area (Å²) in [6.45, 7) is 6.72. The number of nitrogens with one attached hydrogen (secondary N) is 1. The normalized spacial score (nSPS) is 23.3. The van der Waals surface area contributed by atoms with Crippen molar-refractivity contribution in [2.45, 2.75) is 45.1 Å². The average molecular weight is 246 g/mol. The fraction of sp³-hybridized carbons (Fsp3) is 0.625. The van der Waals surface area contributed by atoms with Gasteiger partial charge in [0.05, 0.1) is 0 Å². The Labute approximate surface area is 111 Å². The Hall–Kier alpha value is -1.02. The van der Waals surface area contributed by atoms with Gasteiger partial charge in [-0.1, -0.05) is 31.0 Å². The van der Waals surface area contributed by atoms with Gasteiger partial charge in [0.1, 0.15) is 0 Å². The second kappa shape index (κ2) is 5.75. The lowest BCUT2D eigenvalue weighted by Gasteiger charge is -2.35. The van der Waals surface area contributed by atoms with Crippen LogP contribution in [-0.4, -0.2) is 25.7 Å². The first-order valence-corrected chi connectivity index (χ1v) is 7.18. The van der Waals surface area contributed by atoms with E-state index in [1.165, 1.54) is 43.5 Å². The number of anilines is 1. The minimum absolute atomic E-state index is 0.342. The van der Waals surface area contributed by atoms with Crippen LogP contribution >= 0.6 is 0 Å². The summed E-state index contributed by atoms with van der Waals surface area (Å²) in [5.41, 5.74) is 2.99. The average Bonchev–Trinajstić information content (AvgIpc) is 2.79. The van der Waals surface area contributed by atoms with Gasteiger partial charge in [-0.15, -0.1) is 0 Å². The van der Waals surface area contributed by atoms with Crippen molar-refractivity contribution in [2.75, 3.05) is 25.0 Å². The third-order valence-corrected chi connectivity index (χ3v) is 4.08. The molecule has 0 radical (unpaired) electrons. The molecule has 1 saturated heterocycles. The minimum atomic E-state index is 0.342. The van der Waals surface area contributed by atoms with Crippen LogP contribution in [0.4, 0.5) is 5.69 Å². The molecule has 0 spiro atoms. The molecule has 2 nitrogen and oxygen atoms in total. The molecule has 18 heavy (non-hydrogen) atoms. The molecule has 1 unspecified atom stereocenters. The molecule has 1 aromatic rings. The van der Waals surface area contributed by atoms with Gasteiger partial charge in [0, 0.05) is 24.8 Å². The van der Waals surface area contributed by atoms with Gasteiger partial charge in [-0.05, 0) is 44.9 Å². The molecule has 0 aromatic heterocycles. The zero-order valence-corrected chi connectivity index (χ0v) is 12.0. The standard InChI is InChI=1S/C16H26N2/c1-4-10-16(11-5-12-17-16)13-18(3)15-8-6-14(2)7-9-15/h6-9,17H,4-5,10-13H2,1-3H3. The van der Waals surface area contributed by atoms with Gasteiger partial charge in [-0.3, -0.25) is 0 Å². The number of benzene rings is 1. The van der Waals surface area contributed by atoms with E-state index in [0.29, 0.717) is 5.54 Å². The highest BCUT2D eigenvalue weighted by Crippen LogP contribution is 2.27. The fourth-order valence-electron chi connectivity index (χ4n) is 3.12. The Morgan fingerprint density at radius 2 is 2.00 bits per heavy atom. The van der Waals surface area contributed by atoms with Gasteiger partial charge >= 0.3 is 0 Å². The molecule has 0 amide bonds. The molecule has 1 aromatic carbocycles. The summed E-state index contributed by atoms with van der Waals surface area (Å²) >= 11 is 0. The van der Waals surface area contributed by atoms with E-state index in [4.69, 9.17) is 0 Å². The molecule has 1 heterocycles. The van der Waals surface area contributed by atoms with Crippen molar-refractivity contribution in [2.24, 2.45) is 0 Å². The summed E-state index contributed by atoms with van der Waals surface area (Å²) in [6.07, 6.45) is 5.18. The van der Waals surface area contributed by atoms with Gasteiger partial charge in [-0.25, -0.2) is 0 Å². The van der Waals surface area contributed by atoms with Crippen molar-refractivity contribution >= 4 is 5.69 Å². The van der Waals surface area contributed by atoms with Crippen LogP contribution in [0.3, 0.4) is 0 Å². The molecule has 1 aliphatic heterocycles. The van der Waals surface area contributed by atoms with Crippen LogP contribution in [0.1, 0.15) is 38.2 Å². The molecule has 100 valence electrons. The highest BCUT2D eigenvalue weighted by Gasteiger charge is 2.33. The first-order valence-electron chi connectivity index (χ1n) is 7.18. The van der Waals surface area contributed by atoms with Crippen LogP contribution in [0.2, 0.25) is 0 Å². The van der Waals surface area contributed by atoms with Crippen LogP contribution in [0.15, 0.2) is 24.3 Å². The van der Waals surface area contributed by atoms with Crippen LogP contribution in [0.25, 0.3) is 0 Å². The molecule has 0 bridgehead atoms. The van der Waals surface area contributed by atoms with E-state index in [1.54, 1.807) is 0 Å². The predicted molar refractivity (Wildman–Crippen MR) is 79.3 cm³/mol. The lowest BCUT2D eigenvalue weighted by molar-refractivity contribution is 0.349. The van der Waals surface area contributed by atoms with E-state index in [1.807, 2.05) is 0 Å². The van der Waals surface area contributed by atoms with E-state index in [0.717, 1.165) is 6.54 Å². The quantitative estimate of drug-likeness (QED) is 0.857. The van der Waals surface area contributed by atoms with Crippen LogP contribution in [0, 0.1) is 6.92 Å². The maximum absolute atomic E-state index is 3.74. The molecule has 1 aliphatic rings. The van der Waals surface area contributed by atoms with Gasteiger partial charge in [-0.2, -0.15) is 0 Å². The molecular weight excluding hydrogens is 220 g/mol. The Kier molecular flexibility index (Phi) is 4.28. The number of nitrogens with zero attached hydrogens (tertiary/aromatic N) is 1. The van der Waals surface area contributed by atoms with E-state index < -0.39 is 0 Å². The topological polar surface area (TPSA) is 15.3 Å². The zero-order valence-electron chi connectivity index (χ0n) is 12.0. The number of hydrogen-bond donors (Lipinski definition) is 1. The maximum Gasteiger partial charge on any atom is 0.0364 e. The lowest BCUT2D eigenvalue weighted by atomic mass is 9.91. The summed E-state index contributed by atoms with van der Waals surface area (Å²) in [6, 6.07) is 8.84. The zero-order chi connectivity index (χ0) is 13.0. The van der Waals surface area contributed by atoms with E-state index in [9.17, 15) is 0 Å². The Balaban J connectivity index is 2.04. The fourth-order valence-corrected chi connectivity index (χ4v) is 3.12. The molecule has 2 heteroatoms. The highest BCUT2D eigenvalue weighted by atomic mass is 15.2. The molecule has 1 fully saturated rings. The van der Waals surface area contributed by atoms with Gasteiger partial charge in [0.15, 0.2) is 0 Å². The molecule has 0 aliphatic carbocycles. The number of rotatable bonds is 5. The highest BCUT2D eigenvalue weighted by molar-refractivity contribution is 5.47. The Morgan fingerprint density at radius 1 is 1.28 bits per heavy atom. The number of likely N-dealkylation sites (N-methyl/N-ethyl adjacent to an activating group) is 1. The van der Waals surface area contributed by atoms with Gasteiger partial charge in [0.25, 0.3) is 0 Å². The van der Waals surface area contributed by atoms with Crippen molar-refractivity contribution in [3.63, 3.8) is 0 Å². The summed E-state index contributed by atoms with van der Waals surface area (Å²) in [5.74, 6) is 0. The Morgan fingerprint density at radius 3 is 2.56 bits per heavy atom. The first-order chi connectivity index (χ1) is 8.65. The molecule has 1 N–H and O–H groups in total. The van der Waals surface area contributed by atoms with Gasteiger partial charge < -0.3 is 10.2 Å². The second-order valence-electron chi connectivity index (χ2n) is 5.75. The molecule has 0 saturated carbocycles. The van der Waals surface area contributed by atoms with Crippen molar-refractivity contribution in [3.8, 4) is 0 Å². The van der Waals surface area contributed by atoms with Crippen molar-refractivity contribution in [3.05, 3.63) is 29.8 Å². The van der Waals surface area contributed by atoms with Crippen molar-refractivity contribution in [1.82, 2.24) is 5.32 Å². The van der Waals surface area contributed by atoms with E-state index in [2.05, 4.69) is 55.4 Å². The summed E-state index contributed by atoms with van der Waals surface area (Å²) in [7, 11) is 2.21. The SMILES string of the molecule is CCCC1(CN(C)c2ccc(C)cc2)CCCN1. The Bertz CT molecular complexity index is 363. The third-order valence-electron chi connectivity index (χ3n) is 4.08. The summed E-state index contributed by atoms with van der Waals surface area (Å²) < 4.78 is 0. The first kappa shape index (κ1) is 13.4. The van der Waals surface area contributed by atoms with E-state index in [-0.39, 0.29) is 0 Å². The number of hydrogen-bond acceptors (Lipinski definition) is 2. The van der Waals surface area contributed by atoms with E-state index >= 15 is 0 Å².